The lowest BCUT2D eigenvalue weighted by Crippen LogP contribution is -2.58. The van der Waals surface area contributed by atoms with Gasteiger partial charge in [0.25, 0.3) is 0 Å². The third-order valence-corrected chi connectivity index (χ3v) is 5.53. The van der Waals surface area contributed by atoms with Gasteiger partial charge in [0.1, 0.15) is 18.1 Å². The third kappa shape index (κ3) is 12.0. The number of hydrogen-bond acceptors (Lipinski definition) is 6. The van der Waals surface area contributed by atoms with Gasteiger partial charge in [-0.1, -0.05) is 48.0 Å². The van der Waals surface area contributed by atoms with E-state index in [1.54, 1.807) is 0 Å². The van der Waals surface area contributed by atoms with Crippen LogP contribution in [0.3, 0.4) is 0 Å². The Kier molecular flexibility index (Phi) is 14.1. The monoisotopic (exact) mass is 485 g/mol. The summed E-state index contributed by atoms with van der Waals surface area (Å²) < 4.78 is 0. The van der Waals surface area contributed by atoms with Crippen molar-refractivity contribution in [1.29, 1.82) is 0 Å². The molecule has 196 valence electrons. The molecule has 0 radical (unpaired) electrons. The van der Waals surface area contributed by atoms with Crippen molar-refractivity contribution in [3.05, 3.63) is 0 Å². The molecule has 0 rings (SSSR count). The van der Waals surface area contributed by atoms with Gasteiger partial charge in [-0.15, -0.1) is 0 Å². The molecule has 5 unspecified atom stereocenters. The molecule has 0 aliphatic heterocycles. The Morgan fingerprint density at radius 1 is 0.765 bits per heavy atom. The van der Waals surface area contributed by atoms with Crippen molar-refractivity contribution in [2.75, 3.05) is 0 Å². The quantitative estimate of drug-likeness (QED) is 0.180. The van der Waals surface area contributed by atoms with Crippen LogP contribution in [0, 0.1) is 17.8 Å². The summed E-state index contributed by atoms with van der Waals surface area (Å²) in [6, 6.07) is -4.12. The van der Waals surface area contributed by atoms with E-state index in [0.29, 0.717) is 12.8 Å². The fraction of sp³-hybridized carbons (Fsp3) is 0.783. The number of nitrogens with two attached hydrogens (primary N) is 2. The summed E-state index contributed by atoms with van der Waals surface area (Å²) in [6.45, 7) is 11.1. The first-order valence-corrected chi connectivity index (χ1v) is 11.9. The van der Waals surface area contributed by atoms with Crippen LogP contribution in [0.25, 0.3) is 0 Å². The van der Waals surface area contributed by atoms with Gasteiger partial charge >= 0.3 is 5.97 Å². The highest BCUT2D eigenvalue weighted by atomic mass is 16.4. The lowest BCUT2D eigenvalue weighted by Gasteiger charge is -2.27. The summed E-state index contributed by atoms with van der Waals surface area (Å²) in [7, 11) is 0. The Labute approximate surface area is 202 Å². The van der Waals surface area contributed by atoms with E-state index >= 15 is 0 Å². The summed E-state index contributed by atoms with van der Waals surface area (Å²) in [4.78, 5) is 61.3. The lowest BCUT2D eigenvalue weighted by molar-refractivity contribution is -0.143. The minimum absolute atomic E-state index is 0.000385. The van der Waals surface area contributed by atoms with Crippen LogP contribution in [0.4, 0.5) is 0 Å². The van der Waals surface area contributed by atoms with Gasteiger partial charge in [-0.2, -0.15) is 0 Å². The SMILES string of the molecule is CCC(C)C(N)C(=O)NC(CC(C)C)C(=O)NC(CCC(N)=O)C(=O)NC(CC(C)C)C(=O)O. The van der Waals surface area contributed by atoms with Gasteiger partial charge < -0.3 is 32.5 Å². The Balaban J connectivity index is 5.61. The molecule has 0 aromatic rings. The van der Waals surface area contributed by atoms with Crippen LogP contribution < -0.4 is 27.4 Å². The minimum Gasteiger partial charge on any atom is -0.480 e. The number of carbonyl (C=O) groups is 5. The van der Waals surface area contributed by atoms with Crippen LogP contribution in [0.1, 0.15) is 73.6 Å². The molecular formula is C23H43N5O6. The highest BCUT2D eigenvalue weighted by molar-refractivity contribution is 5.94. The van der Waals surface area contributed by atoms with Crippen molar-refractivity contribution >= 4 is 29.6 Å². The highest BCUT2D eigenvalue weighted by Gasteiger charge is 2.31. The molecule has 0 aromatic carbocycles. The summed E-state index contributed by atoms with van der Waals surface area (Å²) >= 11 is 0. The molecule has 0 fully saturated rings. The molecule has 8 N–H and O–H groups in total. The Morgan fingerprint density at radius 3 is 1.65 bits per heavy atom. The predicted molar refractivity (Wildman–Crippen MR) is 128 cm³/mol. The topological polar surface area (TPSA) is 194 Å². The maximum atomic E-state index is 13.1. The molecule has 0 aliphatic carbocycles. The van der Waals surface area contributed by atoms with Crippen LogP contribution in [0.15, 0.2) is 0 Å². The second-order valence-corrected chi connectivity index (χ2v) is 9.70. The lowest BCUT2D eigenvalue weighted by atomic mass is 9.97. The summed E-state index contributed by atoms with van der Waals surface area (Å²) in [6.07, 6.45) is 0.860. The molecule has 34 heavy (non-hydrogen) atoms. The maximum Gasteiger partial charge on any atom is 0.326 e. The molecule has 11 nitrogen and oxygen atoms in total. The van der Waals surface area contributed by atoms with E-state index in [1.165, 1.54) is 0 Å². The number of primary amides is 1. The van der Waals surface area contributed by atoms with Crippen LogP contribution in [-0.2, 0) is 24.0 Å². The zero-order chi connectivity index (χ0) is 26.6. The van der Waals surface area contributed by atoms with E-state index in [1.807, 2.05) is 41.5 Å². The first-order chi connectivity index (χ1) is 15.7. The molecule has 0 aliphatic rings. The smallest absolute Gasteiger partial charge is 0.326 e. The number of amides is 4. The number of hydrogen-bond donors (Lipinski definition) is 6. The molecule has 11 heteroatoms. The van der Waals surface area contributed by atoms with E-state index in [2.05, 4.69) is 16.0 Å². The Bertz CT molecular complexity index is 712. The fourth-order valence-corrected chi connectivity index (χ4v) is 3.28. The van der Waals surface area contributed by atoms with Crippen molar-refractivity contribution in [2.24, 2.45) is 29.2 Å². The largest absolute Gasteiger partial charge is 0.480 e. The van der Waals surface area contributed by atoms with Gasteiger partial charge in [0, 0.05) is 6.42 Å². The van der Waals surface area contributed by atoms with Gasteiger partial charge in [0.05, 0.1) is 6.04 Å². The predicted octanol–water partition coefficient (Wildman–Crippen LogP) is 0.257. The number of nitrogens with one attached hydrogen (secondary N) is 3. The second-order valence-electron chi connectivity index (χ2n) is 9.70. The van der Waals surface area contributed by atoms with E-state index in [0.717, 1.165) is 0 Å². The molecular weight excluding hydrogens is 442 g/mol. The van der Waals surface area contributed by atoms with Crippen molar-refractivity contribution in [3.63, 3.8) is 0 Å². The van der Waals surface area contributed by atoms with Crippen LogP contribution in [0.2, 0.25) is 0 Å². The average molecular weight is 486 g/mol. The minimum atomic E-state index is -1.20. The molecule has 0 heterocycles. The van der Waals surface area contributed by atoms with Crippen molar-refractivity contribution in [1.82, 2.24) is 16.0 Å². The van der Waals surface area contributed by atoms with Crippen molar-refractivity contribution < 1.29 is 29.1 Å². The Morgan fingerprint density at radius 2 is 1.21 bits per heavy atom. The second kappa shape index (κ2) is 15.3. The highest BCUT2D eigenvalue weighted by Crippen LogP contribution is 2.11. The molecule has 0 saturated carbocycles. The molecule has 0 spiro atoms. The number of carboxylic acid groups (broad SMARTS) is 1. The molecule has 5 atom stereocenters. The van der Waals surface area contributed by atoms with Gasteiger partial charge in [-0.05, 0) is 37.0 Å². The van der Waals surface area contributed by atoms with E-state index in [-0.39, 0.29) is 37.0 Å². The van der Waals surface area contributed by atoms with Gasteiger partial charge in [0.2, 0.25) is 23.6 Å². The first kappa shape index (κ1) is 31.3. The summed E-state index contributed by atoms with van der Waals surface area (Å²) in [5, 5.41) is 17.1. The standard InChI is InChI=1S/C23H43N5O6/c1-7-14(6)19(25)22(32)27-16(10-12(2)3)21(31)26-15(8-9-18(24)29)20(30)28-17(23(33)34)11-13(4)5/h12-17,19H,7-11,25H2,1-6H3,(H2,24,29)(H,26,31)(H,27,32)(H,28,30)(H,33,34). The van der Waals surface area contributed by atoms with E-state index in [9.17, 15) is 29.1 Å². The fourth-order valence-electron chi connectivity index (χ4n) is 3.28. The zero-order valence-corrected chi connectivity index (χ0v) is 21.2. The summed E-state index contributed by atoms with van der Waals surface area (Å²) in [5.74, 6) is -3.77. The van der Waals surface area contributed by atoms with Crippen LogP contribution in [0.5, 0.6) is 0 Å². The van der Waals surface area contributed by atoms with E-state index < -0.39 is 53.8 Å². The zero-order valence-electron chi connectivity index (χ0n) is 21.2. The molecule has 0 bridgehead atoms. The normalized spacial score (nSPS) is 15.7. The van der Waals surface area contributed by atoms with Gasteiger partial charge in [0.15, 0.2) is 0 Å². The maximum absolute atomic E-state index is 13.1. The van der Waals surface area contributed by atoms with E-state index in [4.69, 9.17) is 11.5 Å². The number of carbonyl (C=O) groups excluding carboxylic acids is 4. The number of carboxylic acids is 1. The van der Waals surface area contributed by atoms with Gasteiger partial charge in [-0.25, -0.2) is 4.79 Å². The van der Waals surface area contributed by atoms with Gasteiger partial charge in [-0.3, -0.25) is 19.2 Å². The first-order valence-electron chi connectivity index (χ1n) is 11.9. The van der Waals surface area contributed by atoms with Crippen molar-refractivity contribution in [3.8, 4) is 0 Å². The van der Waals surface area contributed by atoms with Crippen LogP contribution >= 0.6 is 0 Å². The molecule has 0 aromatic heterocycles. The molecule has 4 amide bonds. The van der Waals surface area contributed by atoms with Crippen LogP contribution in [-0.4, -0.2) is 58.9 Å². The third-order valence-electron chi connectivity index (χ3n) is 5.53. The molecule has 0 saturated heterocycles. The Hall–Kier alpha value is -2.69. The van der Waals surface area contributed by atoms with Crippen molar-refractivity contribution in [2.45, 2.75) is 97.8 Å². The number of aliphatic carboxylic acids is 1. The number of rotatable bonds is 16. The summed E-state index contributed by atoms with van der Waals surface area (Å²) in [5.41, 5.74) is 11.2. The average Bonchev–Trinajstić information content (AvgIpc) is 2.73.